The lowest BCUT2D eigenvalue weighted by Crippen LogP contribution is -2.24. The topological polar surface area (TPSA) is 43.4 Å². The van der Waals surface area contributed by atoms with Crippen LogP contribution in [0.15, 0.2) is 42.6 Å². The summed E-state index contributed by atoms with van der Waals surface area (Å²) in [5, 5.41) is 3.48. The number of methoxy groups -OCH3 is 2. The van der Waals surface area contributed by atoms with E-state index in [4.69, 9.17) is 9.47 Å². The summed E-state index contributed by atoms with van der Waals surface area (Å²) in [5.74, 6) is 1.70. The Morgan fingerprint density at radius 3 is 2.48 bits per heavy atom. The van der Waals surface area contributed by atoms with Gasteiger partial charge in [0.05, 0.1) is 26.0 Å². The van der Waals surface area contributed by atoms with Crippen molar-refractivity contribution in [3.8, 4) is 11.5 Å². The number of hydrogen-bond donors (Lipinski definition) is 1. The Morgan fingerprint density at radius 2 is 1.76 bits per heavy atom. The van der Waals surface area contributed by atoms with E-state index in [1.807, 2.05) is 30.3 Å². The van der Waals surface area contributed by atoms with Gasteiger partial charge in [-0.2, -0.15) is 0 Å². The summed E-state index contributed by atoms with van der Waals surface area (Å²) < 4.78 is 10.9. The SMILES string of the molecule is CCNC(Cc1ccccc1OC)c1ncccc1OC. The van der Waals surface area contributed by atoms with Gasteiger partial charge in [-0.1, -0.05) is 25.1 Å². The Hall–Kier alpha value is -2.07. The first-order valence-electron chi connectivity index (χ1n) is 7.14. The lowest BCUT2D eigenvalue weighted by Gasteiger charge is -2.20. The highest BCUT2D eigenvalue weighted by Crippen LogP contribution is 2.28. The molecule has 0 saturated heterocycles. The number of aromatic nitrogens is 1. The molecule has 2 rings (SSSR count). The highest BCUT2D eigenvalue weighted by atomic mass is 16.5. The predicted octanol–water partition coefficient (Wildman–Crippen LogP) is 2.99. The summed E-state index contributed by atoms with van der Waals surface area (Å²) in [4.78, 5) is 4.49. The fraction of sp³-hybridized carbons (Fsp3) is 0.353. The number of para-hydroxylation sites is 1. The van der Waals surface area contributed by atoms with Gasteiger partial charge in [0.2, 0.25) is 0 Å². The Balaban J connectivity index is 2.31. The summed E-state index contributed by atoms with van der Waals surface area (Å²) in [7, 11) is 3.37. The molecular weight excluding hydrogens is 264 g/mol. The molecule has 112 valence electrons. The molecule has 4 heteroatoms. The molecule has 0 aliphatic heterocycles. The molecule has 0 radical (unpaired) electrons. The van der Waals surface area contributed by atoms with Gasteiger partial charge in [0.15, 0.2) is 0 Å². The second-order valence-corrected chi connectivity index (χ2v) is 4.72. The zero-order valence-electron chi connectivity index (χ0n) is 12.8. The van der Waals surface area contributed by atoms with Crippen LogP contribution in [0.1, 0.15) is 24.2 Å². The first-order chi connectivity index (χ1) is 10.3. The predicted molar refractivity (Wildman–Crippen MR) is 83.9 cm³/mol. The number of ether oxygens (including phenoxy) is 2. The standard InChI is InChI=1S/C17H22N2O2/c1-4-18-14(17-16(21-3)10-7-11-19-17)12-13-8-5-6-9-15(13)20-2/h5-11,14,18H,4,12H2,1-3H3. The molecular formula is C17H22N2O2. The minimum absolute atomic E-state index is 0.0856. The molecule has 1 heterocycles. The average Bonchev–Trinajstić information content (AvgIpc) is 2.55. The molecule has 1 N–H and O–H groups in total. The Bertz CT molecular complexity index is 572. The summed E-state index contributed by atoms with van der Waals surface area (Å²) in [6.45, 7) is 2.95. The average molecular weight is 286 g/mol. The van der Waals surface area contributed by atoms with Gasteiger partial charge in [0, 0.05) is 6.20 Å². The summed E-state index contributed by atoms with van der Waals surface area (Å²) >= 11 is 0. The fourth-order valence-corrected chi connectivity index (χ4v) is 2.44. The number of nitrogens with zero attached hydrogens (tertiary/aromatic N) is 1. The van der Waals surface area contributed by atoms with Gasteiger partial charge in [-0.15, -0.1) is 0 Å². The highest BCUT2D eigenvalue weighted by molar-refractivity contribution is 5.36. The van der Waals surface area contributed by atoms with Gasteiger partial charge in [0.1, 0.15) is 11.5 Å². The third-order valence-electron chi connectivity index (χ3n) is 3.42. The van der Waals surface area contributed by atoms with Crippen LogP contribution in [0, 0.1) is 0 Å². The number of pyridine rings is 1. The van der Waals surface area contributed by atoms with E-state index in [2.05, 4.69) is 23.3 Å². The Labute approximate surface area is 126 Å². The molecule has 0 spiro atoms. The maximum Gasteiger partial charge on any atom is 0.141 e. The van der Waals surface area contributed by atoms with E-state index >= 15 is 0 Å². The summed E-state index contributed by atoms with van der Waals surface area (Å²) in [5.41, 5.74) is 2.08. The Kier molecular flexibility index (Phi) is 5.58. The normalized spacial score (nSPS) is 12.0. The zero-order chi connectivity index (χ0) is 15.1. The smallest absolute Gasteiger partial charge is 0.141 e. The van der Waals surface area contributed by atoms with Crippen molar-refractivity contribution in [1.82, 2.24) is 10.3 Å². The van der Waals surface area contributed by atoms with E-state index in [9.17, 15) is 0 Å². The first kappa shape index (κ1) is 15.3. The van der Waals surface area contributed by atoms with Gasteiger partial charge in [-0.25, -0.2) is 0 Å². The molecule has 0 aliphatic rings. The second-order valence-electron chi connectivity index (χ2n) is 4.72. The van der Waals surface area contributed by atoms with Crippen LogP contribution in [-0.4, -0.2) is 25.7 Å². The van der Waals surface area contributed by atoms with Crippen molar-refractivity contribution in [2.75, 3.05) is 20.8 Å². The van der Waals surface area contributed by atoms with E-state index in [1.54, 1.807) is 20.4 Å². The molecule has 21 heavy (non-hydrogen) atoms. The quantitative estimate of drug-likeness (QED) is 0.849. The minimum Gasteiger partial charge on any atom is -0.496 e. The zero-order valence-corrected chi connectivity index (χ0v) is 12.8. The molecule has 0 fully saturated rings. The first-order valence-corrected chi connectivity index (χ1v) is 7.14. The van der Waals surface area contributed by atoms with Crippen molar-refractivity contribution in [2.45, 2.75) is 19.4 Å². The largest absolute Gasteiger partial charge is 0.496 e. The van der Waals surface area contributed by atoms with E-state index in [0.29, 0.717) is 0 Å². The number of rotatable bonds is 7. The van der Waals surface area contributed by atoms with Crippen molar-refractivity contribution in [3.63, 3.8) is 0 Å². The van der Waals surface area contributed by atoms with Gasteiger partial charge in [0.25, 0.3) is 0 Å². The van der Waals surface area contributed by atoms with E-state index in [1.165, 1.54) is 0 Å². The lowest BCUT2D eigenvalue weighted by molar-refractivity contribution is 0.389. The Morgan fingerprint density at radius 1 is 1.05 bits per heavy atom. The van der Waals surface area contributed by atoms with Gasteiger partial charge < -0.3 is 14.8 Å². The molecule has 0 amide bonds. The van der Waals surface area contributed by atoms with Crippen LogP contribution >= 0.6 is 0 Å². The van der Waals surface area contributed by atoms with Crippen LogP contribution in [0.25, 0.3) is 0 Å². The number of benzene rings is 1. The molecule has 1 aromatic carbocycles. The van der Waals surface area contributed by atoms with Gasteiger partial charge in [-0.3, -0.25) is 4.98 Å². The van der Waals surface area contributed by atoms with Crippen LogP contribution in [0.2, 0.25) is 0 Å². The third kappa shape index (κ3) is 3.73. The highest BCUT2D eigenvalue weighted by Gasteiger charge is 2.18. The number of nitrogens with one attached hydrogen (secondary N) is 1. The van der Waals surface area contributed by atoms with Crippen molar-refractivity contribution >= 4 is 0 Å². The molecule has 0 aliphatic carbocycles. The van der Waals surface area contributed by atoms with Crippen LogP contribution in [0.5, 0.6) is 11.5 Å². The van der Waals surface area contributed by atoms with E-state index < -0.39 is 0 Å². The molecule has 0 saturated carbocycles. The maximum atomic E-state index is 5.44. The van der Waals surface area contributed by atoms with Crippen LogP contribution in [-0.2, 0) is 6.42 Å². The number of likely N-dealkylation sites (N-methyl/N-ethyl adjacent to an activating group) is 1. The molecule has 2 aromatic rings. The fourth-order valence-electron chi connectivity index (χ4n) is 2.44. The van der Waals surface area contributed by atoms with Crippen LogP contribution in [0.4, 0.5) is 0 Å². The van der Waals surface area contributed by atoms with Crippen molar-refractivity contribution < 1.29 is 9.47 Å². The molecule has 1 unspecified atom stereocenters. The maximum absolute atomic E-state index is 5.44. The second kappa shape index (κ2) is 7.64. The van der Waals surface area contributed by atoms with E-state index in [-0.39, 0.29) is 6.04 Å². The molecule has 1 atom stereocenters. The molecule has 4 nitrogen and oxygen atoms in total. The van der Waals surface area contributed by atoms with Crippen LogP contribution in [0.3, 0.4) is 0 Å². The van der Waals surface area contributed by atoms with Crippen LogP contribution < -0.4 is 14.8 Å². The van der Waals surface area contributed by atoms with Gasteiger partial charge >= 0.3 is 0 Å². The monoisotopic (exact) mass is 286 g/mol. The van der Waals surface area contributed by atoms with E-state index in [0.717, 1.165) is 35.7 Å². The van der Waals surface area contributed by atoms with Crippen molar-refractivity contribution in [1.29, 1.82) is 0 Å². The summed E-state index contributed by atoms with van der Waals surface area (Å²) in [6, 6.07) is 12.0. The van der Waals surface area contributed by atoms with Gasteiger partial charge in [-0.05, 0) is 36.7 Å². The van der Waals surface area contributed by atoms with Crippen molar-refractivity contribution in [2.24, 2.45) is 0 Å². The lowest BCUT2D eigenvalue weighted by atomic mass is 10.0. The molecule has 1 aromatic heterocycles. The summed E-state index contributed by atoms with van der Waals surface area (Å²) in [6.07, 6.45) is 2.59. The van der Waals surface area contributed by atoms with Crippen molar-refractivity contribution in [3.05, 3.63) is 53.9 Å². The molecule has 0 bridgehead atoms. The minimum atomic E-state index is 0.0856. The number of hydrogen-bond acceptors (Lipinski definition) is 4. The third-order valence-corrected chi connectivity index (χ3v) is 3.42.